The Kier molecular flexibility index (Phi) is 4.85. The number of aliphatic hydroxyl groups is 2. The first-order chi connectivity index (χ1) is 7.71. The van der Waals surface area contributed by atoms with Crippen molar-refractivity contribution in [3.63, 3.8) is 0 Å². The summed E-state index contributed by atoms with van der Waals surface area (Å²) in [5.41, 5.74) is 0.505. The Morgan fingerprint density at radius 2 is 1.71 bits per heavy atom. The number of benzene rings is 1. The van der Waals surface area contributed by atoms with Gasteiger partial charge in [-0.1, -0.05) is 50.0 Å². The Balaban J connectivity index is 2.74. The van der Waals surface area contributed by atoms with Crippen molar-refractivity contribution < 1.29 is 10.2 Å². The minimum Gasteiger partial charge on any atom is -0.390 e. The molecule has 0 radical (unpaired) electrons. The highest BCUT2D eigenvalue weighted by atomic mass is 35.5. The van der Waals surface area contributed by atoms with Gasteiger partial charge in [0, 0.05) is 6.42 Å². The van der Waals surface area contributed by atoms with Gasteiger partial charge >= 0.3 is 0 Å². The summed E-state index contributed by atoms with van der Waals surface area (Å²) in [6.45, 7) is 5.65. The van der Waals surface area contributed by atoms with Crippen molar-refractivity contribution in [2.45, 2.75) is 39.4 Å². The van der Waals surface area contributed by atoms with Crippen LogP contribution in [-0.4, -0.2) is 22.4 Å². The predicted molar refractivity (Wildman–Crippen MR) is 71.6 cm³/mol. The van der Waals surface area contributed by atoms with Gasteiger partial charge in [0.15, 0.2) is 0 Å². The van der Waals surface area contributed by atoms with Crippen LogP contribution in [-0.2, 0) is 6.42 Å². The van der Waals surface area contributed by atoms with Gasteiger partial charge in [-0.25, -0.2) is 0 Å². The van der Waals surface area contributed by atoms with Gasteiger partial charge in [-0.3, -0.25) is 0 Å². The van der Waals surface area contributed by atoms with Gasteiger partial charge in [-0.15, -0.1) is 0 Å². The van der Waals surface area contributed by atoms with E-state index in [1.807, 2.05) is 20.8 Å². The Morgan fingerprint density at radius 3 is 2.18 bits per heavy atom. The van der Waals surface area contributed by atoms with Crippen LogP contribution >= 0.6 is 23.2 Å². The zero-order valence-corrected chi connectivity index (χ0v) is 11.8. The van der Waals surface area contributed by atoms with Crippen molar-refractivity contribution in [3.05, 3.63) is 33.8 Å². The van der Waals surface area contributed by atoms with Gasteiger partial charge in [0.2, 0.25) is 0 Å². The standard InChI is InChI=1S/C13H18Cl2O2/c1-13(2,3)12(17)11(16)7-8-4-5-9(14)10(15)6-8/h4-6,11-12,16-17H,7H2,1-3H3. The summed E-state index contributed by atoms with van der Waals surface area (Å²) in [4.78, 5) is 0. The summed E-state index contributed by atoms with van der Waals surface area (Å²) in [6, 6.07) is 5.20. The van der Waals surface area contributed by atoms with Crippen molar-refractivity contribution in [2.75, 3.05) is 0 Å². The van der Waals surface area contributed by atoms with Crippen molar-refractivity contribution in [1.29, 1.82) is 0 Å². The minimum absolute atomic E-state index is 0.352. The molecule has 2 atom stereocenters. The lowest BCUT2D eigenvalue weighted by atomic mass is 9.84. The fourth-order valence-corrected chi connectivity index (χ4v) is 1.92. The van der Waals surface area contributed by atoms with E-state index in [1.54, 1.807) is 18.2 Å². The van der Waals surface area contributed by atoms with E-state index in [-0.39, 0.29) is 5.41 Å². The Morgan fingerprint density at radius 1 is 1.12 bits per heavy atom. The Hall–Kier alpha value is -0.280. The molecular weight excluding hydrogens is 259 g/mol. The van der Waals surface area contributed by atoms with Crippen molar-refractivity contribution in [2.24, 2.45) is 5.41 Å². The number of aliphatic hydroxyl groups excluding tert-OH is 2. The van der Waals surface area contributed by atoms with Crippen LogP contribution in [0.2, 0.25) is 10.0 Å². The predicted octanol–water partition coefficient (Wildman–Crippen LogP) is 3.30. The van der Waals surface area contributed by atoms with Crippen LogP contribution in [0.15, 0.2) is 18.2 Å². The molecular formula is C13H18Cl2O2. The zero-order chi connectivity index (χ0) is 13.2. The first-order valence-corrected chi connectivity index (χ1v) is 6.27. The quantitative estimate of drug-likeness (QED) is 0.890. The number of rotatable bonds is 3. The largest absolute Gasteiger partial charge is 0.390 e. The summed E-state index contributed by atoms with van der Waals surface area (Å²) < 4.78 is 0. The molecule has 0 heterocycles. The second-order valence-corrected chi connectivity index (χ2v) is 6.15. The average molecular weight is 277 g/mol. The Bertz CT molecular complexity index is 385. The van der Waals surface area contributed by atoms with Crippen LogP contribution in [0.25, 0.3) is 0 Å². The van der Waals surface area contributed by atoms with Gasteiger partial charge in [-0.2, -0.15) is 0 Å². The molecule has 2 unspecified atom stereocenters. The van der Waals surface area contributed by atoms with E-state index in [9.17, 15) is 10.2 Å². The molecule has 0 aromatic heterocycles. The van der Waals surface area contributed by atoms with E-state index in [1.165, 1.54) is 0 Å². The lowest BCUT2D eigenvalue weighted by Gasteiger charge is -2.30. The molecule has 0 fully saturated rings. The highest BCUT2D eigenvalue weighted by molar-refractivity contribution is 6.42. The van der Waals surface area contributed by atoms with Crippen molar-refractivity contribution in [1.82, 2.24) is 0 Å². The molecule has 1 aromatic carbocycles. The maximum absolute atomic E-state index is 9.94. The Labute approximate surface area is 112 Å². The molecule has 0 aliphatic heterocycles. The summed E-state index contributed by atoms with van der Waals surface area (Å²) in [5, 5.41) is 20.8. The summed E-state index contributed by atoms with van der Waals surface area (Å²) >= 11 is 11.7. The number of hydrogen-bond donors (Lipinski definition) is 2. The van der Waals surface area contributed by atoms with Gasteiger partial charge in [0.1, 0.15) is 0 Å². The van der Waals surface area contributed by atoms with E-state index >= 15 is 0 Å². The SMILES string of the molecule is CC(C)(C)C(O)C(O)Cc1ccc(Cl)c(Cl)c1. The molecule has 0 amide bonds. The molecule has 4 heteroatoms. The molecule has 2 nitrogen and oxygen atoms in total. The van der Waals surface area contributed by atoms with Crippen molar-refractivity contribution in [3.8, 4) is 0 Å². The molecule has 1 rings (SSSR count). The topological polar surface area (TPSA) is 40.5 Å². The second kappa shape index (κ2) is 5.57. The van der Waals surface area contributed by atoms with E-state index in [0.29, 0.717) is 16.5 Å². The molecule has 0 saturated heterocycles. The first-order valence-electron chi connectivity index (χ1n) is 5.52. The van der Waals surface area contributed by atoms with E-state index in [4.69, 9.17) is 23.2 Å². The molecule has 1 aromatic rings. The summed E-state index contributed by atoms with van der Waals surface area (Å²) in [6.07, 6.45) is -1.24. The third-order valence-electron chi connectivity index (χ3n) is 2.68. The van der Waals surface area contributed by atoms with E-state index in [2.05, 4.69) is 0 Å². The third kappa shape index (κ3) is 4.14. The molecule has 0 bridgehead atoms. The fourth-order valence-electron chi connectivity index (χ4n) is 1.60. The lowest BCUT2D eigenvalue weighted by molar-refractivity contribution is -0.0434. The second-order valence-electron chi connectivity index (χ2n) is 5.33. The zero-order valence-electron chi connectivity index (χ0n) is 10.2. The summed E-state index contributed by atoms with van der Waals surface area (Å²) in [5.74, 6) is 0. The van der Waals surface area contributed by atoms with Gasteiger partial charge < -0.3 is 10.2 Å². The fraction of sp³-hybridized carbons (Fsp3) is 0.538. The smallest absolute Gasteiger partial charge is 0.0850 e. The van der Waals surface area contributed by atoms with Gasteiger partial charge in [-0.05, 0) is 23.1 Å². The monoisotopic (exact) mass is 276 g/mol. The van der Waals surface area contributed by atoms with E-state index in [0.717, 1.165) is 5.56 Å². The molecule has 17 heavy (non-hydrogen) atoms. The van der Waals surface area contributed by atoms with Gasteiger partial charge in [0.25, 0.3) is 0 Å². The molecule has 0 aliphatic rings. The maximum Gasteiger partial charge on any atom is 0.0850 e. The lowest BCUT2D eigenvalue weighted by Crippen LogP contribution is -2.38. The van der Waals surface area contributed by atoms with Crippen LogP contribution in [0.4, 0.5) is 0 Å². The van der Waals surface area contributed by atoms with E-state index < -0.39 is 12.2 Å². The molecule has 0 saturated carbocycles. The number of halogens is 2. The average Bonchev–Trinajstić information content (AvgIpc) is 2.21. The highest BCUT2D eigenvalue weighted by Gasteiger charge is 2.29. The third-order valence-corrected chi connectivity index (χ3v) is 3.42. The van der Waals surface area contributed by atoms with Crippen LogP contribution < -0.4 is 0 Å². The molecule has 2 N–H and O–H groups in total. The molecule has 0 spiro atoms. The number of hydrogen-bond acceptors (Lipinski definition) is 2. The van der Waals surface area contributed by atoms with Crippen LogP contribution in [0, 0.1) is 5.41 Å². The van der Waals surface area contributed by atoms with Gasteiger partial charge in [0.05, 0.1) is 22.3 Å². The van der Waals surface area contributed by atoms with Crippen molar-refractivity contribution >= 4 is 23.2 Å². The first kappa shape index (κ1) is 14.8. The van der Waals surface area contributed by atoms with Crippen LogP contribution in [0.3, 0.4) is 0 Å². The maximum atomic E-state index is 9.94. The van der Waals surface area contributed by atoms with Crippen LogP contribution in [0.5, 0.6) is 0 Å². The normalized spacial score (nSPS) is 15.7. The highest BCUT2D eigenvalue weighted by Crippen LogP contribution is 2.26. The molecule has 0 aliphatic carbocycles. The molecule has 96 valence electrons. The summed E-state index contributed by atoms with van der Waals surface area (Å²) in [7, 11) is 0. The minimum atomic E-state index is -0.813. The van der Waals surface area contributed by atoms with Crippen LogP contribution in [0.1, 0.15) is 26.3 Å².